The Kier molecular flexibility index (Phi) is 5.07. The number of piperidine rings is 1. The normalized spacial score (nSPS) is 26.8. The maximum Gasteiger partial charge on any atom is 0.0945 e. The lowest BCUT2D eigenvalue weighted by Gasteiger charge is -2.40. The van der Waals surface area contributed by atoms with Gasteiger partial charge in [-0.05, 0) is 45.0 Å². The number of likely N-dealkylation sites (N-methyl/N-ethyl adjacent to an activating group) is 1. The van der Waals surface area contributed by atoms with Gasteiger partial charge in [0, 0.05) is 45.1 Å². The third kappa shape index (κ3) is 3.82. The Morgan fingerprint density at radius 2 is 2.31 bits per heavy atom. The number of rotatable bonds is 5. The van der Waals surface area contributed by atoms with Gasteiger partial charge in [0.05, 0.1) is 29.9 Å². The summed E-state index contributed by atoms with van der Waals surface area (Å²) in [6.07, 6.45) is 9.20. The molecule has 4 heterocycles. The Labute approximate surface area is 155 Å². The van der Waals surface area contributed by atoms with Crippen LogP contribution in [0.5, 0.6) is 0 Å². The van der Waals surface area contributed by atoms with Crippen LogP contribution in [0.3, 0.4) is 0 Å². The average Bonchev–Trinajstić information content (AvgIpc) is 3.23. The minimum atomic E-state index is 0.0138. The summed E-state index contributed by atoms with van der Waals surface area (Å²) in [6.45, 7) is 4.82. The fourth-order valence-electron chi connectivity index (χ4n) is 4.36. The Morgan fingerprint density at radius 3 is 3.08 bits per heavy atom. The number of hydrogen-bond donors (Lipinski definition) is 0. The zero-order chi connectivity index (χ0) is 18.0. The van der Waals surface area contributed by atoms with Crippen LogP contribution in [0, 0.1) is 0 Å². The van der Waals surface area contributed by atoms with Crippen molar-refractivity contribution in [2.45, 2.75) is 44.0 Å². The SMILES string of the molecule is CN(Cc1ccccn1)[C@H]1CO[C@]2(CCCN(Cc3cncn3C)C2)C1. The summed E-state index contributed by atoms with van der Waals surface area (Å²) < 4.78 is 8.52. The van der Waals surface area contributed by atoms with E-state index >= 15 is 0 Å². The van der Waals surface area contributed by atoms with Crippen LogP contribution in [0.4, 0.5) is 0 Å². The summed E-state index contributed by atoms with van der Waals surface area (Å²) in [7, 11) is 4.26. The van der Waals surface area contributed by atoms with Gasteiger partial charge in [0.15, 0.2) is 0 Å². The maximum atomic E-state index is 6.41. The van der Waals surface area contributed by atoms with Gasteiger partial charge in [-0.15, -0.1) is 0 Å². The van der Waals surface area contributed by atoms with Gasteiger partial charge >= 0.3 is 0 Å². The lowest BCUT2D eigenvalue weighted by molar-refractivity contribution is -0.0540. The first-order chi connectivity index (χ1) is 12.6. The van der Waals surface area contributed by atoms with Crippen molar-refractivity contribution in [2.75, 3.05) is 26.7 Å². The Hall–Kier alpha value is -1.76. The number of likely N-dealkylation sites (tertiary alicyclic amines) is 1. The highest BCUT2D eigenvalue weighted by Gasteiger charge is 2.44. The highest BCUT2D eigenvalue weighted by molar-refractivity contribution is 5.05. The molecule has 0 bridgehead atoms. The molecule has 0 N–H and O–H groups in total. The number of aromatic nitrogens is 3. The molecule has 1 spiro atoms. The summed E-state index contributed by atoms with van der Waals surface area (Å²) in [6, 6.07) is 6.59. The number of ether oxygens (including phenoxy) is 1. The van der Waals surface area contributed by atoms with Gasteiger partial charge in [0.1, 0.15) is 0 Å². The van der Waals surface area contributed by atoms with Gasteiger partial charge in [-0.3, -0.25) is 14.8 Å². The van der Waals surface area contributed by atoms with Gasteiger partial charge in [0.2, 0.25) is 0 Å². The van der Waals surface area contributed by atoms with E-state index in [1.807, 2.05) is 24.8 Å². The molecule has 0 aliphatic carbocycles. The first-order valence-electron chi connectivity index (χ1n) is 9.55. The van der Waals surface area contributed by atoms with E-state index in [0.717, 1.165) is 44.9 Å². The van der Waals surface area contributed by atoms with E-state index in [4.69, 9.17) is 4.74 Å². The topological polar surface area (TPSA) is 46.4 Å². The predicted octanol–water partition coefficient (Wildman–Crippen LogP) is 2.07. The van der Waals surface area contributed by atoms with Gasteiger partial charge in [-0.2, -0.15) is 0 Å². The standard InChI is InChI=1S/C20H29N5O/c1-23(12-17-6-3-4-8-22-17)18-10-20(26-14-18)7-5-9-25(15-20)13-19-11-21-16-24(19)2/h3-4,6,8,11,16,18H,5,7,9-10,12-15H2,1-2H3/t18-,20-/m1/s1. The van der Waals surface area contributed by atoms with E-state index in [1.165, 1.54) is 18.5 Å². The van der Waals surface area contributed by atoms with Crippen LogP contribution in [0.2, 0.25) is 0 Å². The van der Waals surface area contributed by atoms with Crippen molar-refractivity contribution >= 4 is 0 Å². The van der Waals surface area contributed by atoms with Crippen LogP contribution >= 0.6 is 0 Å². The molecule has 26 heavy (non-hydrogen) atoms. The first kappa shape index (κ1) is 17.6. The lowest BCUT2D eigenvalue weighted by atomic mass is 9.88. The molecular formula is C20H29N5O. The van der Waals surface area contributed by atoms with Crippen LogP contribution < -0.4 is 0 Å². The second kappa shape index (κ2) is 7.47. The van der Waals surface area contributed by atoms with Crippen LogP contribution in [-0.2, 0) is 24.9 Å². The Bertz CT molecular complexity index is 718. The summed E-state index contributed by atoms with van der Waals surface area (Å²) in [5.74, 6) is 0. The first-order valence-corrected chi connectivity index (χ1v) is 9.55. The molecule has 0 amide bonds. The van der Waals surface area contributed by atoms with Gasteiger partial charge < -0.3 is 9.30 Å². The van der Waals surface area contributed by atoms with Crippen LogP contribution in [0.25, 0.3) is 0 Å². The van der Waals surface area contributed by atoms with Crippen LogP contribution in [0.1, 0.15) is 30.7 Å². The minimum absolute atomic E-state index is 0.0138. The third-order valence-electron chi connectivity index (χ3n) is 5.87. The van der Waals surface area contributed by atoms with E-state index in [1.54, 1.807) is 0 Å². The van der Waals surface area contributed by atoms with E-state index in [2.05, 4.69) is 50.6 Å². The van der Waals surface area contributed by atoms with Crippen molar-refractivity contribution in [3.8, 4) is 0 Å². The fourth-order valence-corrected chi connectivity index (χ4v) is 4.36. The molecule has 2 atom stereocenters. The van der Waals surface area contributed by atoms with Crippen molar-refractivity contribution in [1.29, 1.82) is 0 Å². The van der Waals surface area contributed by atoms with Crippen molar-refractivity contribution in [3.63, 3.8) is 0 Å². The number of hydrogen-bond acceptors (Lipinski definition) is 5. The molecule has 0 saturated carbocycles. The number of imidazole rings is 1. The monoisotopic (exact) mass is 355 g/mol. The number of pyridine rings is 1. The molecule has 6 nitrogen and oxygen atoms in total. The molecule has 2 fully saturated rings. The largest absolute Gasteiger partial charge is 0.372 e. The maximum absolute atomic E-state index is 6.41. The second-order valence-electron chi connectivity index (χ2n) is 7.90. The third-order valence-corrected chi connectivity index (χ3v) is 5.87. The van der Waals surface area contributed by atoms with Crippen molar-refractivity contribution in [3.05, 3.63) is 48.3 Å². The second-order valence-corrected chi connectivity index (χ2v) is 7.90. The van der Waals surface area contributed by atoms with E-state index < -0.39 is 0 Å². The Morgan fingerprint density at radius 1 is 1.38 bits per heavy atom. The summed E-state index contributed by atoms with van der Waals surface area (Å²) >= 11 is 0. The minimum Gasteiger partial charge on any atom is -0.372 e. The molecule has 2 aliphatic heterocycles. The highest BCUT2D eigenvalue weighted by Crippen LogP contribution is 2.36. The molecule has 2 aromatic heterocycles. The zero-order valence-electron chi connectivity index (χ0n) is 15.8. The smallest absolute Gasteiger partial charge is 0.0945 e. The van der Waals surface area contributed by atoms with E-state index in [9.17, 15) is 0 Å². The lowest BCUT2D eigenvalue weighted by Crippen LogP contribution is -2.48. The van der Waals surface area contributed by atoms with Gasteiger partial charge in [0.25, 0.3) is 0 Å². The highest BCUT2D eigenvalue weighted by atomic mass is 16.5. The van der Waals surface area contributed by atoms with Crippen molar-refractivity contribution in [2.24, 2.45) is 7.05 Å². The van der Waals surface area contributed by atoms with Crippen molar-refractivity contribution < 1.29 is 4.74 Å². The molecular weight excluding hydrogens is 326 g/mol. The van der Waals surface area contributed by atoms with Gasteiger partial charge in [-0.25, -0.2) is 4.98 Å². The molecule has 140 valence electrons. The quantitative estimate of drug-likeness (QED) is 0.822. The summed E-state index contributed by atoms with van der Waals surface area (Å²) in [5.41, 5.74) is 2.40. The van der Waals surface area contributed by atoms with Crippen molar-refractivity contribution in [1.82, 2.24) is 24.3 Å². The van der Waals surface area contributed by atoms with E-state index in [-0.39, 0.29) is 5.60 Å². The fraction of sp³-hybridized carbons (Fsp3) is 0.600. The molecule has 6 heteroatoms. The predicted molar refractivity (Wildman–Crippen MR) is 101 cm³/mol. The molecule has 2 saturated heterocycles. The van der Waals surface area contributed by atoms with Gasteiger partial charge in [-0.1, -0.05) is 6.07 Å². The van der Waals surface area contributed by atoms with Crippen LogP contribution in [0.15, 0.2) is 36.9 Å². The van der Waals surface area contributed by atoms with E-state index in [0.29, 0.717) is 6.04 Å². The molecule has 0 aromatic carbocycles. The number of nitrogens with zero attached hydrogens (tertiary/aromatic N) is 5. The summed E-state index contributed by atoms with van der Waals surface area (Å²) in [5, 5.41) is 0. The molecule has 2 aliphatic rings. The Balaban J connectivity index is 1.36. The molecule has 2 aromatic rings. The zero-order valence-corrected chi connectivity index (χ0v) is 15.8. The molecule has 0 unspecified atom stereocenters. The number of aryl methyl sites for hydroxylation is 1. The molecule has 0 radical (unpaired) electrons. The molecule has 4 rings (SSSR count). The van der Waals surface area contributed by atoms with Crippen LogP contribution in [-0.4, -0.2) is 62.7 Å². The summed E-state index contributed by atoms with van der Waals surface area (Å²) in [4.78, 5) is 13.6. The average molecular weight is 355 g/mol.